The minimum Gasteiger partial charge on any atom is -0.384 e. The first-order valence-corrected chi connectivity index (χ1v) is 5.82. The molecule has 0 radical (unpaired) electrons. The molecule has 1 aromatic heterocycles. The van der Waals surface area contributed by atoms with Gasteiger partial charge in [0.1, 0.15) is 5.60 Å². The molecular weight excluding hydrogens is 194 g/mol. The van der Waals surface area contributed by atoms with Crippen LogP contribution in [-0.2, 0) is 5.60 Å². The van der Waals surface area contributed by atoms with Gasteiger partial charge in [0.05, 0.1) is 0 Å². The monoisotopic (exact) mass is 213 g/mol. The molecule has 2 unspecified atom stereocenters. The fourth-order valence-corrected chi connectivity index (χ4v) is 2.48. The summed E-state index contributed by atoms with van der Waals surface area (Å²) in [6.07, 6.45) is 0.869. The molecule has 1 heterocycles. The molecule has 0 aliphatic rings. The number of rotatable bonds is 4. The lowest BCUT2D eigenvalue weighted by molar-refractivity contribution is -0.0616. The van der Waals surface area contributed by atoms with Crippen molar-refractivity contribution < 1.29 is 5.11 Å². The molecular formula is C11H19NOS. The second kappa shape index (κ2) is 4.01. The maximum Gasteiger partial charge on any atom is 0.102 e. The lowest BCUT2D eigenvalue weighted by Gasteiger charge is -2.41. The fraction of sp³-hybridized carbons (Fsp3) is 0.636. The van der Waals surface area contributed by atoms with Gasteiger partial charge >= 0.3 is 0 Å². The second-order valence-electron chi connectivity index (χ2n) is 4.17. The number of thiophene rings is 1. The molecule has 2 atom stereocenters. The molecule has 14 heavy (non-hydrogen) atoms. The van der Waals surface area contributed by atoms with Crippen LogP contribution in [0, 0.1) is 5.41 Å². The predicted molar refractivity (Wildman–Crippen MR) is 61.3 cm³/mol. The van der Waals surface area contributed by atoms with Crippen molar-refractivity contribution >= 4 is 11.3 Å². The van der Waals surface area contributed by atoms with Gasteiger partial charge in [-0.15, -0.1) is 11.3 Å². The minimum absolute atomic E-state index is 0.252. The number of hydrogen-bond acceptors (Lipinski definition) is 3. The first kappa shape index (κ1) is 11.7. The van der Waals surface area contributed by atoms with E-state index < -0.39 is 5.60 Å². The Balaban J connectivity index is 3.05. The van der Waals surface area contributed by atoms with E-state index >= 15 is 0 Å². The van der Waals surface area contributed by atoms with Crippen molar-refractivity contribution in [3.63, 3.8) is 0 Å². The Morgan fingerprint density at radius 2 is 2.14 bits per heavy atom. The van der Waals surface area contributed by atoms with E-state index in [2.05, 4.69) is 6.92 Å². The lowest BCUT2D eigenvalue weighted by atomic mass is 9.71. The van der Waals surface area contributed by atoms with E-state index in [9.17, 15) is 5.11 Å². The van der Waals surface area contributed by atoms with Crippen molar-refractivity contribution in [2.45, 2.75) is 32.8 Å². The molecule has 0 fully saturated rings. The van der Waals surface area contributed by atoms with Gasteiger partial charge in [0.25, 0.3) is 0 Å². The van der Waals surface area contributed by atoms with Gasteiger partial charge in [-0.3, -0.25) is 0 Å². The third-order valence-corrected chi connectivity index (χ3v) is 4.49. The molecule has 0 saturated heterocycles. The van der Waals surface area contributed by atoms with Crippen LogP contribution in [-0.4, -0.2) is 11.7 Å². The van der Waals surface area contributed by atoms with Crippen LogP contribution in [0.4, 0.5) is 0 Å². The second-order valence-corrected chi connectivity index (χ2v) is 5.12. The molecule has 0 aliphatic heterocycles. The van der Waals surface area contributed by atoms with Crippen LogP contribution in [0.3, 0.4) is 0 Å². The predicted octanol–water partition coefficient (Wildman–Crippen LogP) is 2.33. The van der Waals surface area contributed by atoms with E-state index in [1.54, 1.807) is 11.3 Å². The molecule has 0 saturated carbocycles. The Morgan fingerprint density at radius 3 is 2.50 bits per heavy atom. The third kappa shape index (κ3) is 1.72. The minimum atomic E-state index is -0.829. The topological polar surface area (TPSA) is 46.2 Å². The van der Waals surface area contributed by atoms with E-state index in [-0.39, 0.29) is 5.41 Å². The van der Waals surface area contributed by atoms with E-state index in [0.29, 0.717) is 6.54 Å². The van der Waals surface area contributed by atoms with E-state index in [1.165, 1.54) is 0 Å². The summed E-state index contributed by atoms with van der Waals surface area (Å²) in [7, 11) is 0. The Bertz CT molecular complexity index is 275. The first-order valence-electron chi connectivity index (χ1n) is 4.94. The van der Waals surface area contributed by atoms with Gasteiger partial charge in [0.2, 0.25) is 0 Å². The molecule has 80 valence electrons. The highest BCUT2D eigenvalue weighted by Crippen LogP contribution is 2.42. The Hall–Kier alpha value is -0.380. The zero-order valence-electron chi connectivity index (χ0n) is 9.08. The highest BCUT2D eigenvalue weighted by atomic mass is 32.1. The maximum atomic E-state index is 10.5. The zero-order chi connectivity index (χ0) is 10.8. The average Bonchev–Trinajstić information content (AvgIpc) is 2.69. The highest BCUT2D eigenvalue weighted by Gasteiger charge is 2.42. The summed E-state index contributed by atoms with van der Waals surface area (Å²) < 4.78 is 0. The molecule has 0 aromatic carbocycles. The molecule has 3 N–H and O–H groups in total. The Morgan fingerprint density at radius 1 is 1.50 bits per heavy atom. The van der Waals surface area contributed by atoms with Crippen molar-refractivity contribution in [2.75, 3.05) is 6.54 Å². The maximum absolute atomic E-state index is 10.5. The Labute approximate surface area is 89.8 Å². The standard InChI is InChI=1S/C11H19NOS/c1-4-10(2,8-12)11(3,13)9-6-5-7-14-9/h5-7,13H,4,8,12H2,1-3H3. The van der Waals surface area contributed by atoms with Gasteiger partial charge < -0.3 is 10.8 Å². The van der Waals surface area contributed by atoms with Gasteiger partial charge in [-0.1, -0.05) is 19.9 Å². The van der Waals surface area contributed by atoms with Crippen molar-refractivity contribution in [2.24, 2.45) is 11.1 Å². The molecule has 1 rings (SSSR count). The summed E-state index contributed by atoms with van der Waals surface area (Å²) in [6, 6.07) is 3.93. The van der Waals surface area contributed by atoms with Crippen molar-refractivity contribution in [3.8, 4) is 0 Å². The molecule has 0 bridgehead atoms. The van der Waals surface area contributed by atoms with Crippen LogP contribution in [0.15, 0.2) is 17.5 Å². The van der Waals surface area contributed by atoms with Crippen LogP contribution in [0.25, 0.3) is 0 Å². The Kier molecular flexibility index (Phi) is 3.35. The lowest BCUT2D eigenvalue weighted by Crippen LogP contribution is -2.45. The highest BCUT2D eigenvalue weighted by molar-refractivity contribution is 7.10. The molecule has 1 aromatic rings. The molecule has 0 aliphatic carbocycles. The van der Waals surface area contributed by atoms with Crippen molar-refractivity contribution in [1.82, 2.24) is 0 Å². The summed E-state index contributed by atoms with van der Waals surface area (Å²) in [4.78, 5) is 0.993. The van der Waals surface area contributed by atoms with Gasteiger partial charge in [-0.05, 0) is 24.8 Å². The molecule has 3 heteroatoms. The summed E-state index contributed by atoms with van der Waals surface area (Å²) in [6.45, 7) is 6.45. The summed E-state index contributed by atoms with van der Waals surface area (Å²) >= 11 is 1.58. The van der Waals surface area contributed by atoms with Crippen LogP contribution < -0.4 is 5.73 Å². The summed E-state index contributed by atoms with van der Waals surface area (Å²) in [5, 5.41) is 12.5. The first-order chi connectivity index (χ1) is 6.48. The average molecular weight is 213 g/mol. The van der Waals surface area contributed by atoms with Gasteiger partial charge in [0.15, 0.2) is 0 Å². The van der Waals surface area contributed by atoms with Gasteiger partial charge in [0, 0.05) is 16.8 Å². The SMILES string of the molecule is CCC(C)(CN)C(C)(O)c1cccs1. The van der Waals surface area contributed by atoms with Gasteiger partial charge in [-0.25, -0.2) is 0 Å². The fourth-order valence-electron chi connectivity index (χ4n) is 1.54. The van der Waals surface area contributed by atoms with Gasteiger partial charge in [-0.2, -0.15) is 0 Å². The third-order valence-electron chi connectivity index (χ3n) is 3.41. The van der Waals surface area contributed by atoms with Crippen LogP contribution in [0.1, 0.15) is 32.1 Å². The number of hydrogen-bond donors (Lipinski definition) is 2. The van der Waals surface area contributed by atoms with Crippen LogP contribution in [0.2, 0.25) is 0 Å². The van der Waals surface area contributed by atoms with Crippen LogP contribution >= 0.6 is 11.3 Å². The molecule has 0 amide bonds. The normalized spacial score (nSPS) is 20.1. The number of nitrogens with two attached hydrogens (primary N) is 1. The quantitative estimate of drug-likeness (QED) is 0.806. The van der Waals surface area contributed by atoms with E-state index in [4.69, 9.17) is 5.73 Å². The van der Waals surface area contributed by atoms with E-state index in [0.717, 1.165) is 11.3 Å². The molecule has 2 nitrogen and oxygen atoms in total. The largest absolute Gasteiger partial charge is 0.384 e. The van der Waals surface area contributed by atoms with Crippen LogP contribution in [0.5, 0.6) is 0 Å². The van der Waals surface area contributed by atoms with E-state index in [1.807, 2.05) is 31.4 Å². The summed E-state index contributed by atoms with van der Waals surface area (Å²) in [5.74, 6) is 0. The number of aliphatic hydroxyl groups is 1. The molecule has 0 spiro atoms. The van der Waals surface area contributed by atoms with Crippen molar-refractivity contribution in [1.29, 1.82) is 0 Å². The summed E-state index contributed by atoms with van der Waals surface area (Å²) in [5.41, 5.74) is 4.67. The zero-order valence-corrected chi connectivity index (χ0v) is 9.90. The van der Waals surface area contributed by atoms with Crippen molar-refractivity contribution in [3.05, 3.63) is 22.4 Å². The smallest absolute Gasteiger partial charge is 0.102 e.